The van der Waals surface area contributed by atoms with Gasteiger partial charge in [-0.1, -0.05) is 12.1 Å². The Morgan fingerprint density at radius 3 is 2.85 bits per heavy atom. The summed E-state index contributed by atoms with van der Waals surface area (Å²) in [7, 11) is 1.64. The molecule has 1 unspecified atom stereocenters. The molecule has 1 atom stereocenters. The fraction of sp³-hybridized carbons (Fsp3) is 0.263. The number of nitrogens with zero attached hydrogens (tertiary/aromatic N) is 4. The molecule has 3 aromatic rings. The number of carbonyl (C=O) groups is 1. The second-order valence-corrected chi connectivity index (χ2v) is 6.34. The lowest BCUT2D eigenvalue weighted by Gasteiger charge is -2.24. The molecule has 0 amide bonds. The van der Waals surface area contributed by atoms with Crippen LogP contribution >= 0.6 is 0 Å². The average Bonchev–Trinajstić information content (AvgIpc) is 3.10. The molecular formula is C19H19N5O2. The molecule has 0 radical (unpaired) electrons. The normalized spacial score (nSPS) is 16.4. The quantitative estimate of drug-likeness (QED) is 0.780. The van der Waals surface area contributed by atoms with Gasteiger partial charge in [0.15, 0.2) is 5.78 Å². The highest BCUT2D eigenvalue weighted by molar-refractivity contribution is 5.99. The molecule has 4 rings (SSSR count). The summed E-state index contributed by atoms with van der Waals surface area (Å²) >= 11 is 0. The summed E-state index contributed by atoms with van der Waals surface area (Å²) < 4.78 is 7.44. The van der Waals surface area contributed by atoms with E-state index in [1.807, 2.05) is 35.0 Å². The second-order valence-electron chi connectivity index (χ2n) is 6.34. The Balaban J connectivity index is 1.77. The number of anilines is 1. The van der Waals surface area contributed by atoms with Crippen LogP contribution in [0, 0.1) is 6.92 Å². The van der Waals surface area contributed by atoms with Crippen LogP contribution in [0.4, 0.5) is 5.95 Å². The summed E-state index contributed by atoms with van der Waals surface area (Å²) in [5, 5.41) is 0. The Hall–Kier alpha value is -3.22. The number of imidazole rings is 1. The van der Waals surface area contributed by atoms with Gasteiger partial charge >= 0.3 is 0 Å². The van der Waals surface area contributed by atoms with Gasteiger partial charge in [-0.05, 0) is 19.1 Å². The topological polar surface area (TPSA) is 95.9 Å². The van der Waals surface area contributed by atoms with Gasteiger partial charge in [0.2, 0.25) is 5.95 Å². The first-order valence-electron chi connectivity index (χ1n) is 8.41. The summed E-state index contributed by atoms with van der Waals surface area (Å²) in [6.45, 7) is 1.80. The van der Waals surface area contributed by atoms with Crippen molar-refractivity contribution in [2.45, 2.75) is 25.7 Å². The highest BCUT2D eigenvalue weighted by Gasteiger charge is 2.32. The number of fused-ring (bicyclic) bond motifs is 1. The molecule has 7 heteroatoms. The number of aromatic nitrogens is 4. The molecule has 7 nitrogen and oxygen atoms in total. The largest absolute Gasteiger partial charge is 0.495 e. The van der Waals surface area contributed by atoms with Crippen molar-refractivity contribution in [1.82, 2.24) is 19.5 Å². The first kappa shape index (κ1) is 16.3. The van der Waals surface area contributed by atoms with E-state index in [4.69, 9.17) is 10.5 Å². The van der Waals surface area contributed by atoms with E-state index in [-0.39, 0.29) is 17.6 Å². The van der Waals surface area contributed by atoms with Crippen molar-refractivity contribution in [3.63, 3.8) is 0 Å². The van der Waals surface area contributed by atoms with E-state index < -0.39 is 0 Å². The zero-order valence-electron chi connectivity index (χ0n) is 14.6. The fourth-order valence-corrected chi connectivity index (χ4v) is 3.63. The van der Waals surface area contributed by atoms with Crippen LogP contribution in [0.2, 0.25) is 0 Å². The Kier molecular flexibility index (Phi) is 3.91. The van der Waals surface area contributed by atoms with E-state index in [9.17, 15) is 4.79 Å². The maximum absolute atomic E-state index is 12.7. The van der Waals surface area contributed by atoms with E-state index in [1.165, 1.54) is 0 Å². The zero-order chi connectivity index (χ0) is 18.3. The van der Waals surface area contributed by atoms with E-state index in [0.717, 1.165) is 17.3 Å². The van der Waals surface area contributed by atoms with Crippen molar-refractivity contribution in [1.29, 1.82) is 0 Å². The molecule has 0 saturated carbocycles. The Morgan fingerprint density at radius 2 is 2.04 bits per heavy atom. The molecule has 132 valence electrons. The number of para-hydroxylation sites is 2. The van der Waals surface area contributed by atoms with Crippen LogP contribution in [0.25, 0.3) is 5.69 Å². The van der Waals surface area contributed by atoms with E-state index in [1.54, 1.807) is 20.2 Å². The lowest BCUT2D eigenvalue weighted by Crippen LogP contribution is -2.24. The van der Waals surface area contributed by atoms with Crippen LogP contribution in [0.1, 0.15) is 39.9 Å². The average molecular weight is 349 g/mol. The predicted octanol–water partition coefficient (Wildman–Crippen LogP) is 2.47. The molecule has 0 bridgehead atoms. The number of benzene rings is 1. The molecule has 1 aliphatic rings. The Labute approximate surface area is 150 Å². The minimum Gasteiger partial charge on any atom is -0.495 e. The van der Waals surface area contributed by atoms with Gasteiger partial charge in [0.05, 0.1) is 29.7 Å². The number of hydrogen-bond acceptors (Lipinski definition) is 6. The SMILES string of the molecule is COc1ccccc1-n1ccnc1C1CC(=O)c2c(C)nc(N)nc2C1. The Bertz CT molecular complexity index is 995. The van der Waals surface area contributed by atoms with Crippen LogP contribution in [-0.4, -0.2) is 32.4 Å². The van der Waals surface area contributed by atoms with Gasteiger partial charge in [-0.2, -0.15) is 0 Å². The van der Waals surface area contributed by atoms with E-state index >= 15 is 0 Å². The fourth-order valence-electron chi connectivity index (χ4n) is 3.63. The number of ketones is 1. The number of methoxy groups -OCH3 is 1. The summed E-state index contributed by atoms with van der Waals surface area (Å²) in [5.41, 5.74) is 8.61. The van der Waals surface area contributed by atoms with Crippen molar-refractivity contribution in [2.24, 2.45) is 0 Å². The van der Waals surface area contributed by atoms with Gasteiger partial charge in [0.1, 0.15) is 11.6 Å². The second kappa shape index (κ2) is 6.25. The van der Waals surface area contributed by atoms with Gasteiger partial charge in [0.25, 0.3) is 0 Å². The molecule has 2 N–H and O–H groups in total. The number of nitrogen functional groups attached to an aromatic ring is 1. The highest BCUT2D eigenvalue weighted by Crippen LogP contribution is 2.34. The summed E-state index contributed by atoms with van der Waals surface area (Å²) in [4.78, 5) is 25.7. The van der Waals surface area contributed by atoms with Crippen molar-refractivity contribution in [3.05, 3.63) is 59.4 Å². The third-order valence-electron chi connectivity index (χ3n) is 4.71. The number of nitrogens with two attached hydrogens (primary N) is 1. The minimum atomic E-state index is -0.0800. The highest BCUT2D eigenvalue weighted by atomic mass is 16.5. The molecule has 0 saturated heterocycles. The molecular weight excluding hydrogens is 330 g/mol. The third kappa shape index (κ3) is 2.61. The van der Waals surface area contributed by atoms with Crippen molar-refractivity contribution >= 4 is 11.7 Å². The predicted molar refractivity (Wildman–Crippen MR) is 96.7 cm³/mol. The van der Waals surface area contributed by atoms with Crippen LogP contribution < -0.4 is 10.5 Å². The van der Waals surface area contributed by atoms with E-state index in [0.29, 0.717) is 29.8 Å². The molecule has 0 aliphatic heterocycles. The molecule has 2 heterocycles. The summed E-state index contributed by atoms with van der Waals surface area (Å²) in [6, 6.07) is 7.73. The first-order chi connectivity index (χ1) is 12.6. The molecule has 26 heavy (non-hydrogen) atoms. The summed E-state index contributed by atoms with van der Waals surface area (Å²) in [6.07, 6.45) is 4.59. The molecule has 0 spiro atoms. The number of Topliss-reactive ketones (excluding diaryl/α,β-unsaturated/α-hetero) is 1. The standard InChI is InChI=1S/C19H19N5O2/c1-11-17-13(23-19(20)22-11)9-12(10-15(17)25)18-21-7-8-24(18)14-5-3-4-6-16(14)26-2/h3-8,12H,9-10H2,1-2H3,(H2,20,22,23). The number of ether oxygens (including phenoxy) is 1. The van der Waals surface area contributed by atoms with Crippen LogP contribution in [-0.2, 0) is 6.42 Å². The first-order valence-corrected chi connectivity index (χ1v) is 8.41. The monoisotopic (exact) mass is 349 g/mol. The van der Waals surface area contributed by atoms with Crippen molar-refractivity contribution in [3.8, 4) is 11.4 Å². The summed E-state index contributed by atoms with van der Waals surface area (Å²) in [5.74, 6) is 1.70. The maximum Gasteiger partial charge on any atom is 0.220 e. The Morgan fingerprint density at radius 1 is 1.23 bits per heavy atom. The number of carbonyl (C=O) groups excluding carboxylic acids is 1. The molecule has 0 fully saturated rings. The lowest BCUT2D eigenvalue weighted by molar-refractivity contribution is 0.0960. The van der Waals surface area contributed by atoms with Crippen molar-refractivity contribution < 1.29 is 9.53 Å². The molecule has 2 aromatic heterocycles. The number of aryl methyl sites for hydroxylation is 1. The lowest BCUT2D eigenvalue weighted by atomic mass is 9.84. The minimum absolute atomic E-state index is 0.0309. The smallest absolute Gasteiger partial charge is 0.220 e. The van der Waals surface area contributed by atoms with Gasteiger partial charge in [-0.3, -0.25) is 9.36 Å². The molecule has 1 aromatic carbocycles. The van der Waals surface area contributed by atoms with Gasteiger partial charge in [-0.15, -0.1) is 0 Å². The van der Waals surface area contributed by atoms with Crippen LogP contribution in [0.5, 0.6) is 5.75 Å². The van der Waals surface area contributed by atoms with E-state index in [2.05, 4.69) is 15.0 Å². The maximum atomic E-state index is 12.7. The molecule has 1 aliphatic carbocycles. The number of rotatable bonds is 3. The zero-order valence-corrected chi connectivity index (χ0v) is 14.6. The van der Waals surface area contributed by atoms with Gasteiger partial charge in [-0.25, -0.2) is 15.0 Å². The van der Waals surface area contributed by atoms with Crippen LogP contribution in [0.15, 0.2) is 36.7 Å². The third-order valence-corrected chi connectivity index (χ3v) is 4.71. The van der Waals surface area contributed by atoms with Gasteiger partial charge in [0, 0.05) is 31.2 Å². The number of hydrogen-bond donors (Lipinski definition) is 1. The van der Waals surface area contributed by atoms with Crippen LogP contribution in [0.3, 0.4) is 0 Å². The van der Waals surface area contributed by atoms with Crippen molar-refractivity contribution in [2.75, 3.05) is 12.8 Å². The van der Waals surface area contributed by atoms with Gasteiger partial charge < -0.3 is 10.5 Å².